The molecule has 2 aromatic rings. The van der Waals surface area contributed by atoms with Gasteiger partial charge in [-0.2, -0.15) is 0 Å². The maximum Gasteiger partial charge on any atom is 0.0834 e. The van der Waals surface area contributed by atoms with Crippen molar-refractivity contribution < 1.29 is 0 Å². The molecule has 0 aliphatic rings. The van der Waals surface area contributed by atoms with Crippen LogP contribution in [-0.2, 0) is 6.42 Å². The lowest BCUT2D eigenvalue weighted by molar-refractivity contribution is 0.969. The van der Waals surface area contributed by atoms with Gasteiger partial charge in [0.05, 0.1) is 15.9 Å². The molecule has 0 saturated carbocycles. The quantitative estimate of drug-likeness (QED) is 0.865. The van der Waals surface area contributed by atoms with Crippen molar-refractivity contribution in [1.82, 2.24) is 4.98 Å². The van der Waals surface area contributed by atoms with Crippen LogP contribution >= 0.6 is 11.3 Å². The Morgan fingerprint density at radius 3 is 2.88 bits per heavy atom. The van der Waals surface area contributed by atoms with Crippen LogP contribution in [0.25, 0.3) is 10.2 Å². The predicted octanol–water partition coefficient (Wildman–Crippen LogP) is 3.99. The molecule has 0 amide bonds. The van der Waals surface area contributed by atoms with Gasteiger partial charge in [-0.15, -0.1) is 11.3 Å². The highest BCUT2D eigenvalue weighted by Crippen LogP contribution is 2.32. The standard InChI is InChI=1S/C13H18N2S/c1-4-7-14-12-10(5-2)9(3)15-11-6-8-16-13(11)12/h6,8H,4-5,7H2,1-3H3,(H,14,15). The van der Waals surface area contributed by atoms with Gasteiger partial charge in [0.15, 0.2) is 0 Å². The van der Waals surface area contributed by atoms with Gasteiger partial charge in [0.1, 0.15) is 0 Å². The van der Waals surface area contributed by atoms with Crippen LogP contribution in [0.1, 0.15) is 31.5 Å². The summed E-state index contributed by atoms with van der Waals surface area (Å²) in [6, 6.07) is 2.10. The summed E-state index contributed by atoms with van der Waals surface area (Å²) in [5.74, 6) is 0. The zero-order chi connectivity index (χ0) is 11.5. The molecule has 2 rings (SSSR count). The molecule has 3 heteroatoms. The molecule has 1 N–H and O–H groups in total. The number of hydrogen-bond donors (Lipinski definition) is 1. The fourth-order valence-electron chi connectivity index (χ4n) is 2.01. The van der Waals surface area contributed by atoms with Gasteiger partial charge in [0, 0.05) is 12.2 Å². The largest absolute Gasteiger partial charge is 0.384 e. The maximum absolute atomic E-state index is 4.65. The van der Waals surface area contributed by atoms with Crippen molar-refractivity contribution in [1.29, 1.82) is 0 Å². The van der Waals surface area contributed by atoms with Crippen molar-refractivity contribution in [3.05, 3.63) is 22.7 Å². The lowest BCUT2D eigenvalue weighted by atomic mass is 10.1. The van der Waals surface area contributed by atoms with Crippen LogP contribution < -0.4 is 5.32 Å². The Bertz CT molecular complexity index is 488. The van der Waals surface area contributed by atoms with Crippen LogP contribution in [0.3, 0.4) is 0 Å². The number of nitrogens with one attached hydrogen (secondary N) is 1. The van der Waals surface area contributed by atoms with Crippen molar-refractivity contribution >= 4 is 27.2 Å². The smallest absolute Gasteiger partial charge is 0.0834 e. The van der Waals surface area contributed by atoms with Gasteiger partial charge < -0.3 is 5.32 Å². The molecule has 0 bridgehead atoms. The van der Waals surface area contributed by atoms with E-state index in [4.69, 9.17) is 0 Å². The Balaban J connectivity index is 2.58. The van der Waals surface area contributed by atoms with E-state index in [2.05, 4.69) is 42.5 Å². The minimum atomic E-state index is 1.03. The first kappa shape index (κ1) is 11.4. The third-order valence-corrected chi connectivity index (χ3v) is 3.72. The first-order valence-electron chi connectivity index (χ1n) is 5.88. The van der Waals surface area contributed by atoms with Crippen LogP contribution in [0.4, 0.5) is 5.69 Å². The van der Waals surface area contributed by atoms with E-state index in [9.17, 15) is 0 Å². The molecule has 86 valence electrons. The van der Waals surface area contributed by atoms with Gasteiger partial charge in [-0.25, -0.2) is 0 Å². The first-order chi connectivity index (χ1) is 7.77. The van der Waals surface area contributed by atoms with Crippen molar-refractivity contribution in [2.24, 2.45) is 0 Å². The van der Waals surface area contributed by atoms with Crippen LogP contribution in [0, 0.1) is 6.92 Å². The summed E-state index contributed by atoms with van der Waals surface area (Å²) in [6.45, 7) is 7.52. The molecule has 0 spiro atoms. The molecule has 2 heterocycles. The Morgan fingerprint density at radius 2 is 2.19 bits per heavy atom. The van der Waals surface area contributed by atoms with Gasteiger partial charge >= 0.3 is 0 Å². The summed E-state index contributed by atoms with van der Waals surface area (Å²) in [5, 5.41) is 5.67. The minimum absolute atomic E-state index is 1.03. The lowest BCUT2D eigenvalue weighted by Gasteiger charge is -2.13. The Morgan fingerprint density at radius 1 is 1.38 bits per heavy atom. The van der Waals surface area contributed by atoms with Crippen molar-refractivity contribution in [3.8, 4) is 0 Å². The van der Waals surface area contributed by atoms with E-state index in [1.165, 1.54) is 16.0 Å². The summed E-state index contributed by atoms with van der Waals surface area (Å²) in [6.07, 6.45) is 2.19. The monoisotopic (exact) mass is 234 g/mol. The van der Waals surface area contributed by atoms with E-state index >= 15 is 0 Å². The minimum Gasteiger partial charge on any atom is -0.384 e. The fourth-order valence-corrected chi connectivity index (χ4v) is 2.89. The number of anilines is 1. The van der Waals surface area contributed by atoms with Gasteiger partial charge in [0.25, 0.3) is 0 Å². The first-order valence-corrected chi connectivity index (χ1v) is 6.76. The summed E-state index contributed by atoms with van der Waals surface area (Å²) in [5.41, 5.74) is 4.95. The summed E-state index contributed by atoms with van der Waals surface area (Å²) < 4.78 is 1.30. The summed E-state index contributed by atoms with van der Waals surface area (Å²) in [7, 11) is 0. The van der Waals surface area contributed by atoms with E-state index in [1.807, 2.05) is 0 Å². The second kappa shape index (κ2) is 4.83. The number of nitrogens with zero attached hydrogens (tertiary/aromatic N) is 1. The van der Waals surface area contributed by atoms with Gasteiger partial charge in [-0.1, -0.05) is 13.8 Å². The van der Waals surface area contributed by atoms with Crippen LogP contribution in [0.2, 0.25) is 0 Å². The van der Waals surface area contributed by atoms with Gasteiger partial charge in [-0.05, 0) is 36.8 Å². The third kappa shape index (κ3) is 1.92. The predicted molar refractivity (Wildman–Crippen MR) is 72.5 cm³/mol. The SMILES string of the molecule is CCCNc1c(CC)c(C)nc2ccsc12. The number of rotatable bonds is 4. The highest BCUT2D eigenvalue weighted by atomic mass is 32.1. The molecule has 0 fully saturated rings. The van der Waals surface area contributed by atoms with E-state index in [0.717, 1.165) is 30.6 Å². The highest BCUT2D eigenvalue weighted by molar-refractivity contribution is 7.17. The number of hydrogen-bond acceptors (Lipinski definition) is 3. The van der Waals surface area contributed by atoms with Gasteiger partial charge in [-0.3, -0.25) is 4.98 Å². The molecule has 0 atom stereocenters. The molecular formula is C13H18N2S. The number of aryl methyl sites for hydroxylation is 1. The second-order valence-corrected chi connectivity index (χ2v) is 4.88. The normalized spacial score (nSPS) is 10.9. The zero-order valence-corrected chi connectivity index (χ0v) is 10.9. The van der Waals surface area contributed by atoms with E-state index in [0.29, 0.717) is 0 Å². The topological polar surface area (TPSA) is 24.9 Å². The number of thiophene rings is 1. The van der Waals surface area contributed by atoms with Crippen molar-refractivity contribution in [2.75, 3.05) is 11.9 Å². The molecule has 0 radical (unpaired) electrons. The van der Waals surface area contributed by atoms with Crippen molar-refractivity contribution in [2.45, 2.75) is 33.6 Å². The molecule has 0 saturated heterocycles. The third-order valence-electron chi connectivity index (χ3n) is 2.80. The number of aromatic nitrogens is 1. The van der Waals surface area contributed by atoms with Crippen LogP contribution in [-0.4, -0.2) is 11.5 Å². The zero-order valence-electron chi connectivity index (χ0n) is 10.1. The lowest BCUT2D eigenvalue weighted by Crippen LogP contribution is -2.05. The molecule has 2 nitrogen and oxygen atoms in total. The molecule has 0 aromatic carbocycles. The van der Waals surface area contributed by atoms with E-state index in [1.54, 1.807) is 11.3 Å². The Labute approximate surface area is 101 Å². The average Bonchev–Trinajstić information content (AvgIpc) is 2.72. The molecule has 2 aromatic heterocycles. The van der Waals surface area contributed by atoms with Crippen LogP contribution in [0.5, 0.6) is 0 Å². The summed E-state index contributed by atoms with van der Waals surface area (Å²) in [4.78, 5) is 4.65. The summed E-state index contributed by atoms with van der Waals surface area (Å²) >= 11 is 1.78. The van der Waals surface area contributed by atoms with E-state index in [-0.39, 0.29) is 0 Å². The van der Waals surface area contributed by atoms with Crippen LogP contribution in [0.15, 0.2) is 11.4 Å². The Hall–Kier alpha value is -1.09. The number of fused-ring (bicyclic) bond motifs is 1. The molecule has 0 aliphatic heterocycles. The Kier molecular flexibility index (Phi) is 3.44. The maximum atomic E-state index is 4.65. The molecule has 0 aliphatic carbocycles. The average molecular weight is 234 g/mol. The highest BCUT2D eigenvalue weighted by Gasteiger charge is 2.11. The molecule has 0 unspecified atom stereocenters. The second-order valence-electron chi connectivity index (χ2n) is 3.97. The molecular weight excluding hydrogens is 216 g/mol. The fraction of sp³-hybridized carbons (Fsp3) is 0.462. The van der Waals surface area contributed by atoms with E-state index < -0.39 is 0 Å². The molecule has 16 heavy (non-hydrogen) atoms. The van der Waals surface area contributed by atoms with Gasteiger partial charge in [0.2, 0.25) is 0 Å². The van der Waals surface area contributed by atoms with Crippen molar-refractivity contribution in [3.63, 3.8) is 0 Å². The number of pyridine rings is 1.